The molecular formula is C9H14N2OS. The molecule has 0 aliphatic rings. The molecule has 0 radical (unpaired) electrons. The van der Waals surface area contributed by atoms with Crippen LogP contribution in [0.4, 0.5) is 0 Å². The van der Waals surface area contributed by atoms with E-state index < -0.39 is 0 Å². The fourth-order valence-electron chi connectivity index (χ4n) is 0.897. The average molecular weight is 198 g/mol. The summed E-state index contributed by atoms with van der Waals surface area (Å²) >= 11 is 1.54. The molecule has 3 N–H and O–H groups in total. The molecule has 72 valence electrons. The molecule has 0 spiro atoms. The van der Waals surface area contributed by atoms with Gasteiger partial charge in [0.05, 0.1) is 11.6 Å². The molecule has 3 nitrogen and oxygen atoms in total. The molecule has 1 atom stereocenters. The molecule has 0 fully saturated rings. The minimum atomic E-state index is 0.0318. The molecule has 1 rings (SSSR count). The van der Waals surface area contributed by atoms with Crippen LogP contribution in [0.3, 0.4) is 0 Å². The molecule has 0 bridgehead atoms. The van der Waals surface area contributed by atoms with Gasteiger partial charge in [-0.1, -0.05) is 6.07 Å². The molecule has 0 aliphatic heterocycles. The first kappa shape index (κ1) is 10.5. The fraction of sp³-hybridized carbons (Fsp3) is 0.444. The van der Waals surface area contributed by atoms with Crippen LogP contribution in [-0.2, 0) is 0 Å². The van der Waals surface area contributed by atoms with E-state index in [-0.39, 0.29) is 12.6 Å². The Morgan fingerprint density at radius 2 is 2.38 bits per heavy atom. The fourth-order valence-corrected chi connectivity index (χ4v) is 1.49. The minimum Gasteiger partial charge on any atom is -0.396 e. The highest BCUT2D eigenvalue weighted by Gasteiger charge is 1.99. The first-order valence-electron chi connectivity index (χ1n) is 4.19. The van der Waals surface area contributed by atoms with E-state index in [1.807, 2.05) is 19.1 Å². The Bertz CT molecular complexity index is 248. The van der Waals surface area contributed by atoms with E-state index in [1.165, 1.54) is 11.8 Å². The number of aliphatic hydroxyl groups excluding tert-OH is 1. The van der Waals surface area contributed by atoms with E-state index >= 15 is 0 Å². The summed E-state index contributed by atoms with van der Waals surface area (Å²) in [5.74, 6) is 0.685. The smallest absolute Gasteiger partial charge is 0.0960 e. The van der Waals surface area contributed by atoms with E-state index in [0.29, 0.717) is 5.75 Å². The Hall–Kier alpha value is -0.580. The first-order chi connectivity index (χ1) is 6.24. The molecule has 1 aromatic rings. The van der Waals surface area contributed by atoms with Crippen LogP contribution in [0.5, 0.6) is 0 Å². The van der Waals surface area contributed by atoms with E-state index in [9.17, 15) is 0 Å². The number of hydrogen-bond donors (Lipinski definition) is 2. The van der Waals surface area contributed by atoms with Crippen molar-refractivity contribution in [2.45, 2.75) is 18.0 Å². The van der Waals surface area contributed by atoms with Crippen molar-refractivity contribution in [2.24, 2.45) is 5.73 Å². The Morgan fingerprint density at radius 1 is 1.62 bits per heavy atom. The largest absolute Gasteiger partial charge is 0.396 e. The van der Waals surface area contributed by atoms with Crippen LogP contribution >= 0.6 is 11.8 Å². The lowest BCUT2D eigenvalue weighted by molar-refractivity contribution is 0.322. The number of hydrogen-bond acceptors (Lipinski definition) is 4. The Kier molecular flexibility index (Phi) is 4.21. The monoisotopic (exact) mass is 198 g/mol. The summed E-state index contributed by atoms with van der Waals surface area (Å²) in [5, 5.41) is 9.53. The third-order valence-electron chi connectivity index (χ3n) is 1.63. The van der Waals surface area contributed by atoms with Crippen molar-refractivity contribution in [1.82, 2.24) is 4.98 Å². The number of rotatable bonds is 4. The third-order valence-corrected chi connectivity index (χ3v) is 2.55. The number of thioether (sulfide) groups is 1. The van der Waals surface area contributed by atoms with Crippen molar-refractivity contribution in [1.29, 1.82) is 0 Å². The van der Waals surface area contributed by atoms with Crippen molar-refractivity contribution in [3.63, 3.8) is 0 Å². The maximum atomic E-state index is 8.60. The van der Waals surface area contributed by atoms with Crippen LogP contribution in [-0.4, -0.2) is 22.5 Å². The van der Waals surface area contributed by atoms with Gasteiger partial charge in [-0.05, 0) is 18.6 Å². The van der Waals surface area contributed by atoms with Crippen molar-refractivity contribution >= 4 is 11.8 Å². The number of aromatic nitrogens is 1. The normalized spacial score (nSPS) is 12.8. The van der Waals surface area contributed by atoms with Gasteiger partial charge >= 0.3 is 0 Å². The summed E-state index contributed by atoms with van der Waals surface area (Å²) in [6.45, 7) is 2.11. The van der Waals surface area contributed by atoms with Gasteiger partial charge in [-0.2, -0.15) is 0 Å². The average Bonchev–Trinajstić information content (AvgIpc) is 2.15. The van der Waals surface area contributed by atoms with E-state index in [4.69, 9.17) is 10.8 Å². The van der Waals surface area contributed by atoms with E-state index in [1.54, 1.807) is 6.20 Å². The summed E-state index contributed by atoms with van der Waals surface area (Å²) in [6.07, 6.45) is 1.78. The van der Waals surface area contributed by atoms with Crippen LogP contribution in [0, 0.1) is 0 Å². The zero-order valence-electron chi connectivity index (χ0n) is 7.60. The van der Waals surface area contributed by atoms with Gasteiger partial charge in [0, 0.05) is 18.0 Å². The van der Waals surface area contributed by atoms with Crippen molar-refractivity contribution in [3.05, 3.63) is 23.9 Å². The van der Waals surface area contributed by atoms with E-state index in [2.05, 4.69) is 4.98 Å². The predicted molar refractivity (Wildman–Crippen MR) is 54.6 cm³/mol. The molecule has 0 amide bonds. The third kappa shape index (κ3) is 3.34. The van der Waals surface area contributed by atoms with Gasteiger partial charge in [0.1, 0.15) is 0 Å². The van der Waals surface area contributed by atoms with Gasteiger partial charge < -0.3 is 10.8 Å². The second-order valence-electron chi connectivity index (χ2n) is 2.79. The summed E-state index contributed by atoms with van der Waals surface area (Å²) < 4.78 is 0. The van der Waals surface area contributed by atoms with Gasteiger partial charge in [0.25, 0.3) is 0 Å². The topological polar surface area (TPSA) is 59.1 Å². The Morgan fingerprint density at radius 3 is 2.85 bits per heavy atom. The van der Waals surface area contributed by atoms with Crippen LogP contribution in [0.25, 0.3) is 0 Å². The van der Waals surface area contributed by atoms with Crippen LogP contribution in [0.2, 0.25) is 0 Å². The number of nitrogens with two attached hydrogens (primary N) is 1. The van der Waals surface area contributed by atoms with Crippen LogP contribution in [0.1, 0.15) is 18.5 Å². The van der Waals surface area contributed by atoms with Gasteiger partial charge in [-0.25, -0.2) is 4.98 Å². The lowest BCUT2D eigenvalue weighted by Gasteiger charge is -2.05. The highest BCUT2D eigenvalue weighted by Crippen LogP contribution is 2.16. The molecule has 0 saturated carbocycles. The molecule has 1 heterocycles. The van der Waals surface area contributed by atoms with Gasteiger partial charge in [-0.15, -0.1) is 11.8 Å². The predicted octanol–water partition coefficient (Wildman–Crippen LogP) is 1.19. The molecule has 0 unspecified atom stereocenters. The molecule has 4 heteroatoms. The number of pyridine rings is 1. The molecular weight excluding hydrogens is 184 g/mol. The quantitative estimate of drug-likeness (QED) is 0.713. The maximum absolute atomic E-state index is 8.60. The lowest BCUT2D eigenvalue weighted by Crippen LogP contribution is -2.05. The molecule has 0 aromatic carbocycles. The molecule has 13 heavy (non-hydrogen) atoms. The highest BCUT2D eigenvalue weighted by atomic mass is 32.2. The Balaban J connectivity index is 2.59. The SMILES string of the molecule is C[C@H](N)c1ccc(SCCO)nc1. The van der Waals surface area contributed by atoms with Gasteiger partial charge in [0.2, 0.25) is 0 Å². The number of aliphatic hydroxyl groups is 1. The van der Waals surface area contributed by atoms with Gasteiger partial charge in [-0.3, -0.25) is 0 Å². The zero-order valence-corrected chi connectivity index (χ0v) is 8.42. The Labute approximate surface area is 82.4 Å². The van der Waals surface area contributed by atoms with Crippen molar-refractivity contribution < 1.29 is 5.11 Å². The van der Waals surface area contributed by atoms with E-state index in [0.717, 1.165) is 10.6 Å². The summed E-state index contributed by atoms with van der Waals surface area (Å²) in [6, 6.07) is 3.93. The minimum absolute atomic E-state index is 0.0318. The first-order valence-corrected chi connectivity index (χ1v) is 5.18. The van der Waals surface area contributed by atoms with Crippen LogP contribution < -0.4 is 5.73 Å². The summed E-state index contributed by atoms with van der Waals surface area (Å²) in [5.41, 5.74) is 6.71. The molecule has 0 aliphatic carbocycles. The lowest BCUT2D eigenvalue weighted by atomic mass is 10.2. The summed E-state index contributed by atoms with van der Waals surface area (Å²) in [4.78, 5) is 4.21. The molecule has 1 aromatic heterocycles. The standard InChI is InChI=1S/C9H14N2OS/c1-7(10)8-2-3-9(11-6-8)13-5-4-12/h2-3,6-7,12H,4-5,10H2,1H3/t7-/m0/s1. The molecule has 0 saturated heterocycles. The second-order valence-corrected chi connectivity index (χ2v) is 3.91. The maximum Gasteiger partial charge on any atom is 0.0960 e. The number of nitrogens with zero attached hydrogens (tertiary/aromatic N) is 1. The van der Waals surface area contributed by atoms with Crippen LogP contribution in [0.15, 0.2) is 23.4 Å². The highest BCUT2D eigenvalue weighted by molar-refractivity contribution is 7.99. The zero-order chi connectivity index (χ0) is 9.68. The van der Waals surface area contributed by atoms with Crippen molar-refractivity contribution in [2.75, 3.05) is 12.4 Å². The van der Waals surface area contributed by atoms with Crippen molar-refractivity contribution in [3.8, 4) is 0 Å². The summed E-state index contributed by atoms with van der Waals surface area (Å²) in [7, 11) is 0. The second kappa shape index (κ2) is 5.21. The van der Waals surface area contributed by atoms with Gasteiger partial charge in [0.15, 0.2) is 0 Å².